The summed E-state index contributed by atoms with van der Waals surface area (Å²) < 4.78 is 0. The van der Waals surface area contributed by atoms with Crippen LogP contribution in [-0.4, -0.2) is 68.2 Å². The van der Waals surface area contributed by atoms with E-state index < -0.39 is 0 Å². The van der Waals surface area contributed by atoms with Gasteiger partial charge in [0.25, 0.3) is 0 Å². The Morgan fingerprint density at radius 2 is 2.06 bits per heavy atom. The summed E-state index contributed by atoms with van der Waals surface area (Å²) in [6.07, 6.45) is 2.11. The molecule has 0 unspecified atom stereocenters. The van der Waals surface area contributed by atoms with E-state index >= 15 is 0 Å². The Kier molecular flexibility index (Phi) is 3.35. The van der Waals surface area contributed by atoms with Crippen LogP contribution < -0.4 is 10.6 Å². The molecule has 5 nitrogen and oxygen atoms in total. The normalized spacial score (nSPS) is 24.2. The number of nitrogens with one attached hydrogen (secondary N) is 2. The van der Waals surface area contributed by atoms with Crippen molar-refractivity contribution in [1.82, 2.24) is 20.4 Å². The molecule has 2 heterocycles. The molecule has 16 heavy (non-hydrogen) atoms. The van der Waals surface area contributed by atoms with Crippen LogP contribution >= 0.6 is 0 Å². The Bertz CT molecular complexity index is 261. The molecule has 0 atom stereocenters. The molecule has 0 saturated carbocycles. The summed E-state index contributed by atoms with van der Waals surface area (Å²) in [6.45, 7) is 4.67. The third-order valence-electron chi connectivity index (χ3n) is 3.53. The van der Waals surface area contributed by atoms with Crippen molar-refractivity contribution in [2.45, 2.75) is 18.4 Å². The van der Waals surface area contributed by atoms with Crippen LogP contribution in [0.5, 0.6) is 0 Å². The Morgan fingerprint density at radius 1 is 1.38 bits per heavy atom. The van der Waals surface area contributed by atoms with Gasteiger partial charge in [-0.05, 0) is 40.0 Å². The van der Waals surface area contributed by atoms with Crippen LogP contribution in [0.15, 0.2) is 0 Å². The molecular weight excluding hydrogens is 204 g/mol. The molecule has 2 amide bonds. The van der Waals surface area contributed by atoms with E-state index in [0.29, 0.717) is 0 Å². The number of carbonyl (C=O) groups is 1. The molecule has 2 aliphatic heterocycles. The van der Waals surface area contributed by atoms with Crippen LogP contribution in [0.3, 0.4) is 0 Å². The predicted molar refractivity (Wildman–Crippen MR) is 63.5 cm³/mol. The van der Waals surface area contributed by atoms with Gasteiger partial charge in [0.2, 0.25) is 0 Å². The van der Waals surface area contributed by atoms with Crippen molar-refractivity contribution in [2.24, 2.45) is 0 Å². The molecule has 2 N–H and O–H groups in total. The van der Waals surface area contributed by atoms with E-state index in [0.717, 1.165) is 45.6 Å². The molecule has 1 spiro atoms. The third-order valence-corrected chi connectivity index (χ3v) is 3.53. The van der Waals surface area contributed by atoms with Crippen molar-refractivity contribution >= 4 is 6.03 Å². The zero-order valence-corrected chi connectivity index (χ0v) is 10.3. The predicted octanol–water partition coefficient (Wildman–Crippen LogP) is -0.305. The van der Waals surface area contributed by atoms with Gasteiger partial charge in [0.15, 0.2) is 0 Å². The number of nitrogens with zero attached hydrogens (tertiary/aromatic N) is 2. The minimum absolute atomic E-state index is 0.0502. The summed E-state index contributed by atoms with van der Waals surface area (Å²) in [5, 5.41) is 6.51. The Labute approximate surface area is 97.2 Å². The maximum Gasteiger partial charge on any atom is 0.318 e. The van der Waals surface area contributed by atoms with Crippen molar-refractivity contribution in [3.05, 3.63) is 0 Å². The van der Waals surface area contributed by atoms with Crippen LogP contribution in [0, 0.1) is 0 Å². The molecule has 0 bridgehead atoms. The van der Waals surface area contributed by atoms with Crippen molar-refractivity contribution in [3.63, 3.8) is 0 Å². The minimum Gasteiger partial charge on any atom is -0.331 e. The van der Waals surface area contributed by atoms with Crippen molar-refractivity contribution < 1.29 is 4.79 Å². The van der Waals surface area contributed by atoms with E-state index in [9.17, 15) is 4.79 Å². The Hall–Kier alpha value is -0.810. The number of rotatable bonds is 3. The lowest BCUT2D eigenvalue weighted by Gasteiger charge is -2.33. The van der Waals surface area contributed by atoms with Gasteiger partial charge < -0.3 is 20.4 Å². The van der Waals surface area contributed by atoms with Crippen LogP contribution in [-0.2, 0) is 0 Å². The van der Waals surface area contributed by atoms with E-state index in [4.69, 9.17) is 0 Å². The Balaban J connectivity index is 1.90. The standard InChI is InChI=1S/C11H22N4O/c1-14(2)7-8-15-9-11(13-10(15)16)3-5-12-6-4-11/h12H,3-9H2,1-2H3,(H,13,16). The van der Waals surface area contributed by atoms with Gasteiger partial charge in [-0.25, -0.2) is 4.79 Å². The molecule has 2 fully saturated rings. The monoisotopic (exact) mass is 226 g/mol. The van der Waals surface area contributed by atoms with E-state index in [1.165, 1.54) is 0 Å². The first-order valence-electron chi connectivity index (χ1n) is 6.04. The summed E-state index contributed by atoms with van der Waals surface area (Å²) in [5.41, 5.74) is 0.0502. The number of carbonyl (C=O) groups excluding carboxylic acids is 1. The topological polar surface area (TPSA) is 47.6 Å². The van der Waals surface area contributed by atoms with Gasteiger partial charge in [0.1, 0.15) is 0 Å². The summed E-state index contributed by atoms with van der Waals surface area (Å²) in [7, 11) is 4.07. The molecule has 0 aromatic rings. The van der Waals surface area contributed by atoms with Gasteiger partial charge in [0, 0.05) is 19.6 Å². The first kappa shape index (κ1) is 11.7. The second-order valence-electron chi connectivity index (χ2n) is 5.19. The molecular formula is C11H22N4O. The number of hydrogen-bond acceptors (Lipinski definition) is 3. The lowest BCUT2D eigenvalue weighted by molar-refractivity contribution is 0.211. The average molecular weight is 226 g/mol. The number of hydrogen-bond donors (Lipinski definition) is 2. The van der Waals surface area contributed by atoms with Gasteiger partial charge in [-0.3, -0.25) is 0 Å². The highest BCUT2D eigenvalue weighted by molar-refractivity contribution is 5.78. The van der Waals surface area contributed by atoms with Crippen molar-refractivity contribution in [2.75, 3.05) is 46.8 Å². The zero-order valence-electron chi connectivity index (χ0n) is 10.3. The maximum absolute atomic E-state index is 11.8. The minimum atomic E-state index is 0.0502. The summed E-state index contributed by atoms with van der Waals surface area (Å²) in [6, 6.07) is 0.115. The van der Waals surface area contributed by atoms with Gasteiger partial charge in [-0.15, -0.1) is 0 Å². The quantitative estimate of drug-likeness (QED) is 0.694. The van der Waals surface area contributed by atoms with Crippen molar-refractivity contribution in [3.8, 4) is 0 Å². The molecule has 92 valence electrons. The molecule has 0 aromatic carbocycles. The van der Waals surface area contributed by atoms with Gasteiger partial charge >= 0.3 is 6.03 Å². The molecule has 0 aliphatic carbocycles. The second-order valence-corrected chi connectivity index (χ2v) is 5.19. The second kappa shape index (κ2) is 4.59. The van der Waals surface area contributed by atoms with Crippen LogP contribution in [0.1, 0.15) is 12.8 Å². The Morgan fingerprint density at radius 3 is 2.69 bits per heavy atom. The molecule has 2 rings (SSSR count). The average Bonchev–Trinajstić information content (AvgIpc) is 2.53. The fourth-order valence-corrected chi connectivity index (χ4v) is 2.47. The van der Waals surface area contributed by atoms with Crippen LogP contribution in [0.4, 0.5) is 4.79 Å². The molecule has 2 saturated heterocycles. The SMILES string of the molecule is CN(C)CCN1CC2(CCNCC2)NC1=O. The largest absolute Gasteiger partial charge is 0.331 e. The summed E-state index contributed by atoms with van der Waals surface area (Å²) in [5.74, 6) is 0. The highest BCUT2D eigenvalue weighted by atomic mass is 16.2. The molecule has 0 aromatic heterocycles. The number of piperidine rings is 1. The van der Waals surface area contributed by atoms with Crippen LogP contribution in [0.25, 0.3) is 0 Å². The highest BCUT2D eigenvalue weighted by Gasteiger charge is 2.42. The van der Waals surface area contributed by atoms with Gasteiger partial charge in [0.05, 0.1) is 5.54 Å². The number of likely N-dealkylation sites (N-methyl/N-ethyl adjacent to an activating group) is 1. The fourth-order valence-electron chi connectivity index (χ4n) is 2.47. The third kappa shape index (κ3) is 2.47. The lowest BCUT2D eigenvalue weighted by Crippen LogP contribution is -2.51. The van der Waals surface area contributed by atoms with E-state index in [-0.39, 0.29) is 11.6 Å². The number of amides is 2. The van der Waals surface area contributed by atoms with Gasteiger partial charge in [-0.1, -0.05) is 0 Å². The van der Waals surface area contributed by atoms with E-state index in [2.05, 4.69) is 15.5 Å². The fraction of sp³-hybridized carbons (Fsp3) is 0.909. The smallest absolute Gasteiger partial charge is 0.318 e. The van der Waals surface area contributed by atoms with Crippen molar-refractivity contribution in [1.29, 1.82) is 0 Å². The van der Waals surface area contributed by atoms with Crippen LogP contribution in [0.2, 0.25) is 0 Å². The molecule has 5 heteroatoms. The van der Waals surface area contributed by atoms with E-state index in [1.807, 2.05) is 19.0 Å². The molecule has 2 aliphatic rings. The highest BCUT2D eigenvalue weighted by Crippen LogP contribution is 2.24. The summed E-state index contributed by atoms with van der Waals surface area (Å²) in [4.78, 5) is 15.9. The first-order chi connectivity index (χ1) is 7.61. The number of urea groups is 1. The summed E-state index contributed by atoms with van der Waals surface area (Å²) >= 11 is 0. The zero-order chi connectivity index (χ0) is 11.6. The van der Waals surface area contributed by atoms with E-state index in [1.54, 1.807) is 0 Å². The van der Waals surface area contributed by atoms with Gasteiger partial charge in [-0.2, -0.15) is 0 Å². The maximum atomic E-state index is 11.8. The first-order valence-corrected chi connectivity index (χ1v) is 6.04. The lowest BCUT2D eigenvalue weighted by atomic mass is 9.89. The molecule has 0 radical (unpaired) electrons.